The quantitative estimate of drug-likeness (QED) is 0.369. The zero-order valence-electron chi connectivity index (χ0n) is 18.7. The molecule has 34 heavy (non-hydrogen) atoms. The third-order valence-electron chi connectivity index (χ3n) is 6.69. The SMILES string of the molecule is C#Cc1cn([C@@H]2O[C@H](CC(=O)OCC3CCC3)[C@@H](O)[C@H]2O)c(=O)nc1NC(=O)OCC1CCC1. The van der Waals surface area contributed by atoms with Crippen LogP contribution in [0.3, 0.4) is 0 Å². The molecule has 4 rings (SSSR count). The second-order valence-electron chi connectivity index (χ2n) is 9.09. The largest absolute Gasteiger partial charge is 0.465 e. The Hall–Kier alpha value is -2.94. The maximum atomic E-state index is 12.6. The molecule has 1 amide bonds. The molecule has 11 heteroatoms. The van der Waals surface area contributed by atoms with E-state index in [2.05, 4.69) is 16.2 Å². The molecular formula is C23H29N3O8. The number of aromatic nitrogens is 2. The first-order valence-electron chi connectivity index (χ1n) is 11.6. The first-order valence-corrected chi connectivity index (χ1v) is 11.6. The van der Waals surface area contributed by atoms with E-state index >= 15 is 0 Å². The van der Waals surface area contributed by atoms with Crippen LogP contribution in [0.15, 0.2) is 11.0 Å². The molecule has 1 saturated heterocycles. The first-order chi connectivity index (χ1) is 16.4. The van der Waals surface area contributed by atoms with Gasteiger partial charge in [0.15, 0.2) is 12.0 Å². The number of hydrogen-bond acceptors (Lipinski definition) is 9. The van der Waals surface area contributed by atoms with Gasteiger partial charge < -0.3 is 24.4 Å². The third-order valence-corrected chi connectivity index (χ3v) is 6.69. The molecule has 3 fully saturated rings. The van der Waals surface area contributed by atoms with E-state index in [-0.39, 0.29) is 24.4 Å². The summed E-state index contributed by atoms with van der Waals surface area (Å²) in [6, 6.07) is 0. The van der Waals surface area contributed by atoms with E-state index in [1.54, 1.807) is 0 Å². The van der Waals surface area contributed by atoms with Gasteiger partial charge in [0.1, 0.15) is 12.2 Å². The van der Waals surface area contributed by atoms with Crippen molar-refractivity contribution in [3.63, 3.8) is 0 Å². The van der Waals surface area contributed by atoms with Crippen molar-refractivity contribution in [2.75, 3.05) is 18.5 Å². The highest BCUT2D eigenvalue weighted by Crippen LogP contribution is 2.31. The Bertz CT molecular complexity index is 1010. The van der Waals surface area contributed by atoms with Gasteiger partial charge >= 0.3 is 17.8 Å². The summed E-state index contributed by atoms with van der Waals surface area (Å²) in [5.74, 6) is 2.31. The van der Waals surface area contributed by atoms with Crippen molar-refractivity contribution in [2.24, 2.45) is 11.8 Å². The molecule has 0 bridgehead atoms. The van der Waals surface area contributed by atoms with Crippen molar-refractivity contribution in [3.05, 3.63) is 22.2 Å². The Kier molecular flexibility index (Phi) is 7.50. The molecule has 1 aromatic rings. The van der Waals surface area contributed by atoms with Gasteiger partial charge in [0.25, 0.3) is 0 Å². The summed E-state index contributed by atoms with van der Waals surface area (Å²) in [7, 11) is 0. The molecule has 0 aromatic carbocycles. The highest BCUT2D eigenvalue weighted by molar-refractivity contribution is 5.84. The third kappa shape index (κ3) is 5.41. The number of ether oxygens (including phenoxy) is 3. The minimum atomic E-state index is -1.51. The van der Waals surface area contributed by atoms with Crippen molar-refractivity contribution in [2.45, 2.75) is 69.5 Å². The predicted octanol–water partition coefficient (Wildman–Crippen LogP) is 0.926. The van der Waals surface area contributed by atoms with Crippen molar-refractivity contribution < 1.29 is 34.0 Å². The van der Waals surface area contributed by atoms with Crippen LogP contribution in [0, 0.1) is 24.2 Å². The smallest absolute Gasteiger partial charge is 0.412 e. The molecule has 3 aliphatic rings. The van der Waals surface area contributed by atoms with Crippen LogP contribution in [0.4, 0.5) is 10.6 Å². The van der Waals surface area contributed by atoms with Crippen LogP contribution >= 0.6 is 0 Å². The van der Waals surface area contributed by atoms with Gasteiger partial charge in [-0.3, -0.25) is 14.7 Å². The van der Waals surface area contributed by atoms with E-state index < -0.39 is 42.3 Å². The molecule has 11 nitrogen and oxygen atoms in total. The van der Waals surface area contributed by atoms with Crippen LogP contribution in [-0.4, -0.2) is 63.4 Å². The number of rotatable bonds is 8. The molecule has 2 aliphatic carbocycles. The van der Waals surface area contributed by atoms with E-state index in [0.29, 0.717) is 18.4 Å². The van der Waals surface area contributed by atoms with Gasteiger partial charge in [0, 0.05) is 6.20 Å². The van der Waals surface area contributed by atoms with Crippen molar-refractivity contribution in [3.8, 4) is 12.3 Å². The summed E-state index contributed by atoms with van der Waals surface area (Å²) in [6.07, 6.45) is 6.59. The number of hydrogen-bond donors (Lipinski definition) is 3. The second-order valence-corrected chi connectivity index (χ2v) is 9.09. The molecule has 4 atom stereocenters. The number of carbonyl (C=O) groups is 2. The summed E-state index contributed by atoms with van der Waals surface area (Å²) in [6.45, 7) is 0.596. The Labute approximate surface area is 196 Å². The number of anilines is 1. The summed E-state index contributed by atoms with van der Waals surface area (Å²) < 4.78 is 16.9. The molecule has 0 radical (unpaired) electrons. The molecule has 0 spiro atoms. The summed E-state index contributed by atoms with van der Waals surface area (Å²) in [5.41, 5.74) is -0.827. The van der Waals surface area contributed by atoms with Gasteiger partial charge in [-0.2, -0.15) is 4.98 Å². The van der Waals surface area contributed by atoms with Crippen LogP contribution in [0.1, 0.15) is 56.7 Å². The lowest BCUT2D eigenvalue weighted by atomic mass is 9.86. The predicted molar refractivity (Wildman–Crippen MR) is 118 cm³/mol. The number of terminal acetylenes is 1. The molecule has 3 N–H and O–H groups in total. The average molecular weight is 475 g/mol. The summed E-state index contributed by atoms with van der Waals surface area (Å²) in [4.78, 5) is 40.6. The van der Waals surface area contributed by atoms with E-state index in [1.807, 2.05) is 0 Å². The topological polar surface area (TPSA) is 149 Å². The minimum absolute atomic E-state index is 0.0499. The fraction of sp³-hybridized carbons (Fsp3) is 0.652. The van der Waals surface area contributed by atoms with Crippen LogP contribution in [0.25, 0.3) is 0 Å². The normalized spacial score (nSPS) is 26.7. The number of nitrogens with one attached hydrogen (secondary N) is 1. The second kappa shape index (κ2) is 10.5. The number of nitrogens with zero attached hydrogens (tertiary/aromatic N) is 2. The van der Waals surface area contributed by atoms with Crippen molar-refractivity contribution in [1.82, 2.24) is 9.55 Å². The minimum Gasteiger partial charge on any atom is -0.465 e. The van der Waals surface area contributed by atoms with Crippen molar-refractivity contribution in [1.29, 1.82) is 0 Å². The molecule has 184 valence electrons. The highest BCUT2D eigenvalue weighted by atomic mass is 16.6. The average Bonchev–Trinajstić information content (AvgIpc) is 3.00. The van der Waals surface area contributed by atoms with Crippen LogP contribution in [0.2, 0.25) is 0 Å². The van der Waals surface area contributed by atoms with Gasteiger partial charge in [0.05, 0.1) is 31.3 Å². The highest BCUT2D eigenvalue weighted by Gasteiger charge is 2.45. The Morgan fingerprint density at radius 2 is 1.79 bits per heavy atom. The van der Waals surface area contributed by atoms with Crippen LogP contribution in [-0.2, 0) is 19.0 Å². The number of aliphatic hydroxyl groups excluding tert-OH is 2. The van der Waals surface area contributed by atoms with Gasteiger partial charge in [-0.25, -0.2) is 9.59 Å². The van der Waals surface area contributed by atoms with E-state index in [4.69, 9.17) is 20.6 Å². The van der Waals surface area contributed by atoms with Gasteiger partial charge in [-0.15, -0.1) is 6.42 Å². The lowest BCUT2D eigenvalue weighted by Crippen LogP contribution is -2.36. The monoisotopic (exact) mass is 475 g/mol. The fourth-order valence-electron chi connectivity index (χ4n) is 4.06. The van der Waals surface area contributed by atoms with Gasteiger partial charge in [0.2, 0.25) is 0 Å². The van der Waals surface area contributed by atoms with Crippen LogP contribution < -0.4 is 11.0 Å². The lowest BCUT2D eigenvalue weighted by Gasteiger charge is -2.25. The number of amides is 1. The Morgan fingerprint density at radius 3 is 2.38 bits per heavy atom. The molecule has 1 aliphatic heterocycles. The van der Waals surface area contributed by atoms with E-state index in [9.17, 15) is 24.6 Å². The van der Waals surface area contributed by atoms with E-state index in [0.717, 1.165) is 43.1 Å². The molecular weight excluding hydrogens is 446 g/mol. The molecule has 0 unspecified atom stereocenters. The van der Waals surface area contributed by atoms with E-state index in [1.165, 1.54) is 6.20 Å². The molecule has 2 saturated carbocycles. The maximum absolute atomic E-state index is 12.6. The summed E-state index contributed by atoms with van der Waals surface area (Å²) in [5, 5.41) is 23.2. The first kappa shape index (κ1) is 24.2. The number of carbonyl (C=O) groups excluding carboxylic acids is 2. The molecule has 2 heterocycles. The van der Waals surface area contributed by atoms with Crippen molar-refractivity contribution >= 4 is 17.9 Å². The number of esters is 1. The standard InChI is InChI=1S/C23H29N3O8/c1-2-15-10-26(22(30)24-20(15)25-23(31)33-12-14-7-4-8-14)21-19(29)18(28)16(34-21)9-17(27)32-11-13-5-3-6-13/h1,10,13-14,16,18-19,21,28-29H,3-9,11-12H2,(H,24,25,30,31)/t16-,18-,19-,21-/m1/s1. The maximum Gasteiger partial charge on any atom is 0.412 e. The molecule has 1 aromatic heterocycles. The lowest BCUT2D eigenvalue weighted by molar-refractivity contribution is -0.150. The fourth-order valence-corrected chi connectivity index (χ4v) is 4.06. The zero-order valence-corrected chi connectivity index (χ0v) is 18.7. The Balaban J connectivity index is 1.40. The zero-order chi connectivity index (χ0) is 24.2. The Morgan fingerprint density at radius 1 is 1.15 bits per heavy atom. The van der Waals surface area contributed by atoms with Crippen LogP contribution in [0.5, 0.6) is 0 Å². The van der Waals surface area contributed by atoms with Gasteiger partial charge in [-0.1, -0.05) is 18.8 Å². The number of aliphatic hydroxyl groups is 2. The van der Waals surface area contributed by atoms with Gasteiger partial charge in [-0.05, 0) is 37.5 Å². The summed E-state index contributed by atoms with van der Waals surface area (Å²) >= 11 is 0.